The molecule has 0 aliphatic carbocycles. The Balaban J connectivity index is 2.17. The number of benzene rings is 1. The standard InChI is InChI=1S/C16H25N3O3/c1-3-4-11-22-12-5-10-17-16(21)19-15-8-6-14(7-9-15)18-13(2)20/h6-9H,3-5,10-12H2,1-2H3,(H,18,20)(H2,17,19,21). The molecule has 0 saturated heterocycles. The maximum absolute atomic E-state index is 11.7. The van der Waals surface area contributed by atoms with Gasteiger partial charge in [-0.25, -0.2) is 4.79 Å². The molecule has 0 aromatic heterocycles. The summed E-state index contributed by atoms with van der Waals surface area (Å²) in [6.45, 7) is 5.58. The van der Waals surface area contributed by atoms with E-state index in [1.54, 1.807) is 24.3 Å². The monoisotopic (exact) mass is 307 g/mol. The van der Waals surface area contributed by atoms with Crippen LogP contribution in [0.25, 0.3) is 0 Å². The second kappa shape index (κ2) is 10.6. The number of hydrogen-bond acceptors (Lipinski definition) is 3. The van der Waals surface area contributed by atoms with Crippen LogP contribution in [-0.4, -0.2) is 31.7 Å². The van der Waals surface area contributed by atoms with Gasteiger partial charge >= 0.3 is 6.03 Å². The maximum atomic E-state index is 11.7. The summed E-state index contributed by atoms with van der Waals surface area (Å²) in [6.07, 6.45) is 2.99. The molecule has 6 heteroatoms. The lowest BCUT2D eigenvalue weighted by Gasteiger charge is -2.09. The van der Waals surface area contributed by atoms with Gasteiger partial charge in [-0.15, -0.1) is 0 Å². The zero-order valence-electron chi connectivity index (χ0n) is 13.3. The average molecular weight is 307 g/mol. The number of nitrogens with one attached hydrogen (secondary N) is 3. The van der Waals surface area contributed by atoms with E-state index in [9.17, 15) is 9.59 Å². The van der Waals surface area contributed by atoms with Crippen molar-refractivity contribution in [2.24, 2.45) is 0 Å². The van der Waals surface area contributed by atoms with Crippen LogP contribution in [0.2, 0.25) is 0 Å². The van der Waals surface area contributed by atoms with Crippen LogP contribution in [0.5, 0.6) is 0 Å². The Morgan fingerprint density at radius 1 is 1.00 bits per heavy atom. The first-order valence-corrected chi connectivity index (χ1v) is 7.62. The summed E-state index contributed by atoms with van der Waals surface area (Å²) >= 11 is 0. The number of anilines is 2. The summed E-state index contributed by atoms with van der Waals surface area (Å²) in [5, 5.41) is 8.17. The first-order valence-electron chi connectivity index (χ1n) is 7.62. The number of ether oxygens (including phenoxy) is 1. The fraction of sp³-hybridized carbons (Fsp3) is 0.500. The van der Waals surface area contributed by atoms with E-state index in [1.165, 1.54) is 6.92 Å². The van der Waals surface area contributed by atoms with Crippen LogP contribution in [0.3, 0.4) is 0 Å². The zero-order chi connectivity index (χ0) is 16.2. The molecule has 0 bridgehead atoms. The van der Waals surface area contributed by atoms with Crippen molar-refractivity contribution < 1.29 is 14.3 Å². The van der Waals surface area contributed by atoms with E-state index < -0.39 is 0 Å². The lowest BCUT2D eigenvalue weighted by molar-refractivity contribution is -0.114. The SMILES string of the molecule is CCCCOCCCNC(=O)Nc1ccc(NC(C)=O)cc1. The van der Waals surface area contributed by atoms with Crippen molar-refractivity contribution in [3.8, 4) is 0 Å². The molecule has 0 saturated carbocycles. The number of rotatable bonds is 9. The summed E-state index contributed by atoms with van der Waals surface area (Å²) in [7, 11) is 0. The van der Waals surface area contributed by atoms with Gasteiger partial charge in [0, 0.05) is 38.1 Å². The zero-order valence-corrected chi connectivity index (χ0v) is 13.3. The van der Waals surface area contributed by atoms with Gasteiger partial charge in [-0.3, -0.25) is 4.79 Å². The van der Waals surface area contributed by atoms with Gasteiger partial charge < -0.3 is 20.7 Å². The van der Waals surface area contributed by atoms with Crippen molar-refractivity contribution in [3.63, 3.8) is 0 Å². The number of hydrogen-bond donors (Lipinski definition) is 3. The van der Waals surface area contributed by atoms with Crippen molar-refractivity contribution in [2.45, 2.75) is 33.1 Å². The quantitative estimate of drug-likeness (QED) is 0.614. The molecule has 122 valence electrons. The summed E-state index contributed by atoms with van der Waals surface area (Å²) < 4.78 is 5.41. The maximum Gasteiger partial charge on any atom is 0.319 e. The van der Waals surface area contributed by atoms with Crippen LogP contribution >= 0.6 is 0 Å². The third kappa shape index (κ3) is 8.26. The smallest absolute Gasteiger partial charge is 0.319 e. The number of carbonyl (C=O) groups is 2. The number of unbranched alkanes of at least 4 members (excludes halogenated alkanes) is 1. The Hall–Kier alpha value is -2.08. The Morgan fingerprint density at radius 2 is 1.59 bits per heavy atom. The van der Waals surface area contributed by atoms with E-state index >= 15 is 0 Å². The highest BCUT2D eigenvalue weighted by atomic mass is 16.5. The molecule has 1 aromatic rings. The molecule has 0 heterocycles. The van der Waals surface area contributed by atoms with Crippen LogP contribution in [0.1, 0.15) is 33.1 Å². The van der Waals surface area contributed by atoms with Gasteiger partial charge in [0.2, 0.25) is 5.91 Å². The van der Waals surface area contributed by atoms with Gasteiger partial charge in [-0.05, 0) is 37.1 Å². The minimum atomic E-state index is -0.249. The predicted octanol–water partition coefficient (Wildman–Crippen LogP) is 2.97. The van der Waals surface area contributed by atoms with Gasteiger partial charge in [0.05, 0.1) is 0 Å². The molecule has 0 aliphatic heterocycles. The molecule has 22 heavy (non-hydrogen) atoms. The highest BCUT2D eigenvalue weighted by molar-refractivity contribution is 5.91. The lowest BCUT2D eigenvalue weighted by Crippen LogP contribution is -2.30. The van der Waals surface area contributed by atoms with E-state index in [-0.39, 0.29) is 11.9 Å². The normalized spacial score (nSPS) is 10.1. The van der Waals surface area contributed by atoms with Crippen LogP contribution in [-0.2, 0) is 9.53 Å². The molecular weight excluding hydrogens is 282 g/mol. The molecule has 6 nitrogen and oxygen atoms in total. The molecule has 3 N–H and O–H groups in total. The molecule has 1 aromatic carbocycles. The topological polar surface area (TPSA) is 79.5 Å². The second-order valence-corrected chi connectivity index (χ2v) is 4.96. The second-order valence-electron chi connectivity index (χ2n) is 4.96. The highest BCUT2D eigenvalue weighted by Crippen LogP contribution is 2.13. The van der Waals surface area contributed by atoms with Crippen molar-refractivity contribution >= 4 is 23.3 Å². The predicted molar refractivity (Wildman–Crippen MR) is 88.1 cm³/mol. The van der Waals surface area contributed by atoms with Gasteiger partial charge in [-0.2, -0.15) is 0 Å². The molecule has 0 fully saturated rings. The highest BCUT2D eigenvalue weighted by Gasteiger charge is 2.01. The Kier molecular flexibility index (Phi) is 8.67. The molecule has 0 radical (unpaired) electrons. The summed E-state index contributed by atoms with van der Waals surface area (Å²) in [5.74, 6) is -0.125. The van der Waals surface area contributed by atoms with E-state index in [0.717, 1.165) is 25.9 Å². The molecule has 0 unspecified atom stereocenters. The molecular formula is C16H25N3O3. The largest absolute Gasteiger partial charge is 0.381 e. The number of amides is 3. The summed E-state index contributed by atoms with van der Waals surface area (Å²) in [4.78, 5) is 22.6. The van der Waals surface area contributed by atoms with Gasteiger partial charge in [0.15, 0.2) is 0 Å². The van der Waals surface area contributed by atoms with Crippen molar-refractivity contribution in [1.82, 2.24) is 5.32 Å². The van der Waals surface area contributed by atoms with Crippen LogP contribution in [0.4, 0.5) is 16.2 Å². The Bertz CT molecular complexity index is 460. The average Bonchev–Trinajstić information content (AvgIpc) is 2.48. The fourth-order valence-corrected chi connectivity index (χ4v) is 1.74. The van der Waals surface area contributed by atoms with E-state index in [4.69, 9.17) is 4.74 Å². The minimum Gasteiger partial charge on any atom is -0.381 e. The van der Waals surface area contributed by atoms with Crippen LogP contribution < -0.4 is 16.0 Å². The van der Waals surface area contributed by atoms with Gasteiger partial charge in [0.25, 0.3) is 0 Å². The summed E-state index contributed by atoms with van der Waals surface area (Å²) in [6, 6.07) is 6.69. The first-order chi connectivity index (χ1) is 10.6. The number of carbonyl (C=O) groups excluding carboxylic acids is 2. The Morgan fingerprint density at radius 3 is 2.18 bits per heavy atom. The van der Waals surface area contributed by atoms with Crippen molar-refractivity contribution in [2.75, 3.05) is 30.4 Å². The first kappa shape index (κ1) is 18.0. The lowest BCUT2D eigenvalue weighted by atomic mass is 10.3. The van der Waals surface area contributed by atoms with Crippen molar-refractivity contribution in [3.05, 3.63) is 24.3 Å². The van der Waals surface area contributed by atoms with Crippen LogP contribution in [0.15, 0.2) is 24.3 Å². The van der Waals surface area contributed by atoms with Crippen LogP contribution in [0, 0.1) is 0 Å². The third-order valence-electron chi connectivity index (χ3n) is 2.86. The molecule has 0 atom stereocenters. The van der Waals surface area contributed by atoms with E-state index in [1.807, 2.05) is 0 Å². The molecule has 0 spiro atoms. The summed E-state index contributed by atoms with van der Waals surface area (Å²) in [5.41, 5.74) is 1.37. The van der Waals surface area contributed by atoms with E-state index in [0.29, 0.717) is 24.5 Å². The minimum absolute atomic E-state index is 0.125. The van der Waals surface area contributed by atoms with Crippen molar-refractivity contribution in [1.29, 1.82) is 0 Å². The van der Waals surface area contributed by atoms with Gasteiger partial charge in [-0.1, -0.05) is 13.3 Å². The fourth-order valence-electron chi connectivity index (χ4n) is 1.74. The molecule has 1 rings (SSSR count). The van der Waals surface area contributed by atoms with E-state index in [2.05, 4.69) is 22.9 Å². The molecule has 3 amide bonds. The Labute approximate surface area is 131 Å². The number of urea groups is 1. The van der Waals surface area contributed by atoms with Gasteiger partial charge in [0.1, 0.15) is 0 Å². The third-order valence-corrected chi connectivity index (χ3v) is 2.86. The molecule has 0 aliphatic rings.